The molecule has 0 saturated carbocycles. The van der Waals surface area contributed by atoms with Crippen LogP contribution in [-0.2, 0) is 0 Å². The van der Waals surface area contributed by atoms with Crippen molar-refractivity contribution in [3.63, 3.8) is 0 Å². The van der Waals surface area contributed by atoms with Crippen LogP contribution in [0.1, 0.15) is 5.69 Å². The quantitative estimate of drug-likeness (QED) is 0.850. The van der Waals surface area contributed by atoms with Gasteiger partial charge in [-0.25, -0.2) is 9.07 Å². The number of hydrogen-bond acceptors (Lipinski definition) is 3. The van der Waals surface area contributed by atoms with Crippen LogP contribution < -0.4 is 10.5 Å². The van der Waals surface area contributed by atoms with Gasteiger partial charge in [0, 0.05) is 6.07 Å². The maximum Gasteiger partial charge on any atom is 0.152 e. The molecule has 0 bridgehead atoms. The lowest BCUT2D eigenvalue weighted by molar-refractivity contribution is 0.411. The van der Waals surface area contributed by atoms with E-state index in [2.05, 4.69) is 5.10 Å². The van der Waals surface area contributed by atoms with Crippen LogP contribution in [0, 0.1) is 16.4 Å². The molecule has 4 nitrogen and oxygen atoms in total. The summed E-state index contributed by atoms with van der Waals surface area (Å²) < 4.78 is 21.0. The van der Waals surface area contributed by atoms with Crippen LogP contribution in [-0.4, -0.2) is 16.9 Å². The maximum absolute atomic E-state index is 13.9. The minimum atomic E-state index is -0.398. The van der Waals surface area contributed by atoms with Gasteiger partial charge in [0.15, 0.2) is 5.82 Å². The average molecular weight is 347 g/mol. The van der Waals surface area contributed by atoms with Crippen LogP contribution in [0.25, 0.3) is 5.69 Å². The highest BCUT2D eigenvalue weighted by atomic mass is 127. The Kier molecular flexibility index (Phi) is 3.23. The van der Waals surface area contributed by atoms with E-state index in [1.165, 1.54) is 17.9 Å². The summed E-state index contributed by atoms with van der Waals surface area (Å²) in [5.74, 6) is 0.0721. The van der Waals surface area contributed by atoms with Gasteiger partial charge < -0.3 is 10.5 Å². The summed E-state index contributed by atoms with van der Waals surface area (Å²) in [6.45, 7) is 1.79. The van der Waals surface area contributed by atoms with E-state index in [1.54, 1.807) is 19.1 Å². The Balaban J connectivity index is 2.57. The van der Waals surface area contributed by atoms with E-state index in [4.69, 9.17) is 10.5 Å². The van der Waals surface area contributed by atoms with Crippen molar-refractivity contribution >= 4 is 28.3 Å². The van der Waals surface area contributed by atoms with Gasteiger partial charge in [-0.1, -0.05) is 0 Å². The molecule has 0 amide bonds. The smallest absolute Gasteiger partial charge is 0.152 e. The third-order valence-electron chi connectivity index (χ3n) is 2.43. The zero-order chi connectivity index (χ0) is 12.6. The van der Waals surface area contributed by atoms with Crippen molar-refractivity contribution in [2.45, 2.75) is 6.92 Å². The van der Waals surface area contributed by atoms with E-state index in [0.717, 1.165) is 0 Å². The number of methoxy groups -OCH3 is 1. The molecular weight excluding hydrogens is 336 g/mol. The van der Waals surface area contributed by atoms with Crippen molar-refractivity contribution in [1.29, 1.82) is 0 Å². The summed E-state index contributed by atoms with van der Waals surface area (Å²) >= 11 is 2.04. The van der Waals surface area contributed by atoms with Crippen LogP contribution in [0.3, 0.4) is 0 Å². The highest BCUT2D eigenvalue weighted by Gasteiger charge is 2.14. The Morgan fingerprint density at radius 2 is 2.18 bits per heavy atom. The Labute approximate surface area is 112 Å². The molecule has 0 unspecified atom stereocenters. The fraction of sp³-hybridized carbons (Fsp3) is 0.182. The average Bonchev–Trinajstić information content (AvgIpc) is 2.57. The molecule has 0 spiro atoms. The molecular formula is C11H11FIN3O. The molecule has 0 aliphatic heterocycles. The largest absolute Gasteiger partial charge is 0.497 e. The predicted molar refractivity (Wildman–Crippen MR) is 71.9 cm³/mol. The number of rotatable bonds is 2. The Hall–Kier alpha value is -1.31. The summed E-state index contributed by atoms with van der Waals surface area (Å²) in [5.41, 5.74) is 7.42. The topological polar surface area (TPSA) is 53.1 Å². The molecule has 0 radical (unpaired) electrons. The van der Waals surface area contributed by atoms with Gasteiger partial charge >= 0.3 is 0 Å². The molecule has 2 N–H and O–H groups in total. The summed E-state index contributed by atoms with van der Waals surface area (Å²) in [5, 5.41) is 4.20. The molecule has 1 heterocycles. The van der Waals surface area contributed by atoms with Gasteiger partial charge in [0.05, 0.1) is 18.5 Å². The lowest BCUT2D eigenvalue weighted by Crippen LogP contribution is -2.03. The van der Waals surface area contributed by atoms with E-state index in [-0.39, 0.29) is 0 Å². The maximum atomic E-state index is 13.9. The summed E-state index contributed by atoms with van der Waals surface area (Å²) in [7, 11) is 1.49. The molecule has 0 aliphatic carbocycles. The minimum Gasteiger partial charge on any atom is -0.497 e. The summed E-state index contributed by atoms with van der Waals surface area (Å²) in [6.07, 6.45) is 0. The Bertz CT molecular complexity index is 568. The number of hydrogen-bond donors (Lipinski definition) is 1. The molecule has 1 aromatic heterocycles. The second-order valence-electron chi connectivity index (χ2n) is 3.52. The molecule has 0 atom stereocenters. The molecule has 2 rings (SSSR count). The van der Waals surface area contributed by atoms with Crippen molar-refractivity contribution in [3.05, 3.63) is 33.4 Å². The highest BCUT2D eigenvalue weighted by molar-refractivity contribution is 14.1. The van der Waals surface area contributed by atoms with Gasteiger partial charge in [0.25, 0.3) is 0 Å². The zero-order valence-corrected chi connectivity index (χ0v) is 11.5. The normalized spacial score (nSPS) is 10.6. The van der Waals surface area contributed by atoms with Crippen molar-refractivity contribution < 1.29 is 9.13 Å². The van der Waals surface area contributed by atoms with Crippen molar-refractivity contribution in [2.24, 2.45) is 0 Å². The van der Waals surface area contributed by atoms with Crippen molar-refractivity contribution in [1.82, 2.24) is 9.78 Å². The molecule has 0 fully saturated rings. The van der Waals surface area contributed by atoms with Crippen LogP contribution in [0.2, 0.25) is 0 Å². The van der Waals surface area contributed by atoms with E-state index in [0.29, 0.717) is 26.5 Å². The lowest BCUT2D eigenvalue weighted by atomic mass is 10.3. The number of aryl methyl sites for hydroxylation is 1. The number of anilines is 1. The highest BCUT2D eigenvalue weighted by Crippen LogP contribution is 2.25. The van der Waals surface area contributed by atoms with Crippen LogP contribution >= 0.6 is 22.6 Å². The first-order chi connectivity index (χ1) is 8.04. The van der Waals surface area contributed by atoms with E-state index >= 15 is 0 Å². The molecule has 2 aromatic rings. The van der Waals surface area contributed by atoms with E-state index < -0.39 is 5.82 Å². The SMILES string of the molecule is COc1ccc(-n2nc(C)c(N)c2I)c(F)c1. The number of aromatic nitrogens is 2. The third kappa shape index (κ3) is 2.08. The Morgan fingerprint density at radius 1 is 1.47 bits per heavy atom. The summed E-state index contributed by atoms with van der Waals surface area (Å²) in [6, 6.07) is 4.61. The first-order valence-corrected chi connectivity index (χ1v) is 5.97. The van der Waals surface area contributed by atoms with Gasteiger partial charge in [0.2, 0.25) is 0 Å². The fourth-order valence-electron chi connectivity index (χ4n) is 1.46. The number of ether oxygens (including phenoxy) is 1. The molecule has 6 heteroatoms. The van der Waals surface area contributed by atoms with Crippen molar-refractivity contribution in [3.8, 4) is 11.4 Å². The molecule has 0 aliphatic rings. The standard InChI is InChI=1S/C11H11FIN3O/c1-6-10(14)11(13)16(15-6)9-4-3-7(17-2)5-8(9)12/h3-5H,14H2,1-2H3. The van der Waals surface area contributed by atoms with Gasteiger partial charge in [-0.05, 0) is 41.6 Å². The fourth-order valence-corrected chi connectivity index (χ4v) is 2.22. The molecule has 1 aromatic carbocycles. The molecule has 17 heavy (non-hydrogen) atoms. The van der Waals surface area contributed by atoms with Gasteiger partial charge in [0.1, 0.15) is 15.1 Å². The Morgan fingerprint density at radius 3 is 2.65 bits per heavy atom. The number of nitrogen functional groups attached to an aromatic ring is 1. The number of benzene rings is 1. The minimum absolute atomic E-state index is 0.356. The van der Waals surface area contributed by atoms with Crippen molar-refractivity contribution in [2.75, 3.05) is 12.8 Å². The van der Waals surface area contributed by atoms with Crippen LogP contribution in [0.15, 0.2) is 18.2 Å². The van der Waals surface area contributed by atoms with Gasteiger partial charge in [-0.3, -0.25) is 0 Å². The second kappa shape index (κ2) is 4.52. The zero-order valence-electron chi connectivity index (χ0n) is 9.37. The lowest BCUT2D eigenvalue weighted by Gasteiger charge is -2.06. The number of nitrogens with two attached hydrogens (primary N) is 1. The molecule has 0 saturated heterocycles. The first-order valence-electron chi connectivity index (χ1n) is 4.89. The van der Waals surface area contributed by atoms with Gasteiger partial charge in [-0.2, -0.15) is 5.10 Å². The number of halogens is 2. The van der Waals surface area contributed by atoms with Gasteiger partial charge in [-0.15, -0.1) is 0 Å². The van der Waals surface area contributed by atoms with Crippen LogP contribution in [0.5, 0.6) is 5.75 Å². The van der Waals surface area contributed by atoms with E-state index in [1.807, 2.05) is 22.6 Å². The first kappa shape index (κ1) is 12.2. The van der Waals surface area contributed by atoms with E-state index in [9.17, 15) is 4.39 Å². The second-order valence-corrected chi connectivity index (χ2v) is 4.54. The monoisotopic (exact) mass is 347 g/mol. The molecule has 90 valence electrons. The number of nitrogens with zero attached hydrogens (tertiary/aromatic N) is 2. The van der Waals surface area contributed by atoms with Crippen LogP contribution in [0.4, 0.5) is 10.1 Å². The predicted octanol–water partition coefficient (Wildman–Crippen LogP) is 2.52. The third-order valence-corrected chi connectivity index (χ3v) is 3.47. The summed E-state index contributed by atoms with van der Waals surface area (Å²) in [4.78, 5) is 0.